The highest BCUT2D eigenvalue weighted by Crippen LogP contribution is 2.22. The number of carbonyl (C=O) groups is 1. The number of hydrogen-bond acceptors (Lipinski definition) is 4. The lowest BCUT2D eigenvalue weighted by Gasteiger charge is -2.21. The van der Waals surface area contributed by atoms with Gasteiger partial charge in [-0.15, -0.1) is 0 Å². The first-order chi connectivity index (χ1) is 10.7. The SMILES string of the molecule is COc1ccc(CNC(=O)C2CNCc3cn(C)nc32)cc1. The van der Waals surface area contributed by atoms with Gasteiger partial charge in [0.1, 0.15) is 5.75 Å². The lowest BCUT2D eigenvalue weighted by molar-refractivity contribution is -0.122. The van der Waals surface area contributed by atoms with E-state index in [0.29, 0.717) is 13.1 Å². The monoisotopic (exact) mass is 300 g/mol. The zero-order chi connectivity index (χ0) is 15.5. The highest BCUT2D eigenvalue weighted by Gasteiger charge is 2.29. The number of amides is 1. The summed E-state index contributed by atoms with van der Waals surface area (Å²) in [6.45, 7) is 1.89. The molecule has 1 unspecified atom stereocenters. The van der Waals surface area contributed by atoms with E-state index in [4.69, 9.17) is 4.74 Å². The number of nitrogens with zero attached hydrogens (tertiary/aromatic N) is 2. The van der Waals surface area contributed by atoms with Crippen molar-refractivity contribution in [2.24, 2.45) is 7.05 Å². The molecule has 0 radical (unpaired) electrons. The maximum Gasteiger partial charge on any atom is 0.230 e. The molecular weight excluding hydrogens is 280 g/mol. The number of fused-ring (bicyclic) bond motifs is 1. The molecule has 0 spiro atoms. The number of ether oxygens (including phenoxy) is 1. The van der Waals surface area contributed by atoms with Gasteiger partial charge >= 0.3 is 0 Å². The zero-order valence-electron chi connectivity index (χ0n) is 12.8. The molecule has 6 nitrogen and oxygen atoms in total. The average Bonchev–Trinajstić information content (AvgIpc) is 2.93. The summed E-state index contributed by atoms with van der Waals surface area (Å²) in [6.07, 6.45) is 1.96. The Balaban J connectivity index is 1.65. The van der Waals surface area contributed by atoms with Gasteiger partial charge in [-0.1, -0.05) is 12.1 Å². The molecule has 3 rings (SSSR count). The van der Waals surface area contributed by atoms with Gasteiger partial charge in [-0.2, -0.15) is 5.10 Å². The van der Waals surface area contributed by atoms with E-state index in [0.717, 1.165) is 29.1 Å². The Labute approximate surface area is 129 Å². The second-order valence-electron chi connectivity index (χ2n) is 5.46. The Kier molecular flexibility index (Phi) is 4.11. The van der Waals surface area contributed by atoms with Crippen LogP contribution in [0.5, 0.6) is 5.75 Å². The maximum atomic E-state index is 12.4. The minimum atomic E-state index is -0.233. The second-order valence-corrected chi connectivity index (χ2v) is 5.46. The van der Waals surface area contributed by atoms with Crippen LogP contribution in [0.15, 0.2) is 30.5 Å². The molecule has 2 heterocycles. The highest BCUT2D eigenvalue weighted by atomic mass is 16.5. The summed E-state index contributed by atoms with van der Waals surface area (Å²) in [7, 11) is 3.52. The first-order valence-electron chi connectivity index (χ1n) is 7.31. The Hall–Kier alpha value is -2.34. The first-order valence-corrected chi connectivity index (χ1v) is 7.31. The average molecular weight is 300 g/mol. The molecule has 1 aliphatic rings. The van der Waals surface area contributed by atoms with Crippen LogP contribution in [0.1, 0.15) is 22.7 Å². The third kappa shape index (κ3) is 2.96. The maximum absolute atomic E-state index is 12.4. The van der Waals surface area contributed by atoms with Crippen LogP contribution in [0, 0.1) is 0 Å². The van der Waals surface area contributed by atoms with Crippen LogP contribution in [0.3, 0.4) is 0 Å². The summed E-state index contributed by atoms with van der Waals surface area (Å²) in [6, 6.07) is 7.68. The quantitative estimate of drug-likeness (QED) is 0.881. The molecule has 1 amide bonds. The summed E-state index contributed by atoms with van der Waals surface area (Å²) in [4.78, 5) is 12.4. The zero-order valence-corrected chi connectivity index (χ0v) is 12.8. The normalized spacial score (nSPS) is 16.9. The molecule has 0 saturated carbocycles. The molecule has 116 valence electrons. The van der Waals surface area contributed by atoms with Crippen LogP contribution >= 0.6 is 0 Å². The molecule has 0 aliphatic carbocycles. The fourth-order valence-corrected chi connectivity index (χ4v) is 2.70. The Morgan fingerprint density at radius 1 is 1.45 bits per heavy atom. The van der Waals surface area contributed by atoms with Crippen LogP contribution in [0.4, 0.5) is 0 Å². The first kappa shape index (κ1) is 14.6. The molecule has 1 atom stereocenters. The topological polar surface area (TPSA) is 68.2 Å². The van der Waals surface area contributed by atoms with Gasteiger partial charge in [-0.3, -0.25) is 9.48 Å². The van der Waals surface area contributed by atoms with E-state index in [2.05, 4.69) is 15.7 Å². The minimum absolute atomic E-state index is 0.00275. The fourth-order valence-electron chi connectivity index (χ4n) is 2.70. The third-order valence-corrected chi connectivity index (χ3v) is 3.87. The Morgan fingerprint density at radius 3 is 2.95 bits per heavy atom. The van der Waals surface area contributed by atoms with E-state index in [1.807, 2.05) is 37.5 Å². The number of hydrogen-bond donors (Lipinski definition) is 2. The lowest BCUT2D eigenvalue weighted by atomic mass is 9.97. The van der Waals surface area contributed by atoms with Gasteiger partial charge in [0.2, 0.25) is 5.91 Å². The number of carbonyl (C=O) groups excluding carboxylic acids is 1. The van der Waals surface area contributed by atoms with Crippen molar-refractivity contribution < 1.29 is 9.53 Å². The molecule has 1 aromatic carbocycles. The lowest BCUT2D eigenvalue weighted by Crippen LogP contribution is -2.38. The van der Waals surface area contributed by atoms with Crippen molar-refractivity contribution in [3.63, 3.8) is 0 Å². The molecule has 22 heavy (non-hydrogen) atoms. The smallest absolute Gasteiger partial charge is 0.230 e. The highest BCUT2D eigenvalue weighted by molar-refractivity contribution is 5.84. The van der Waals surface area contributed by atoms with Gasteiger partial charge in [0, 0.05) is 38.4 Å². The predicted octanol–water partition coefficient (Wildman–Crippen LogP) is 0.932. The van der Waals surface area contributed by atoms with Crippen LogP contribution in [0.2, 0.25) is 0 Å². The molecule has 0 fully saturated rings. The number of benzene rings is 1. The number of rotatable bonds is 4. The molecule has 2 N–H and O–H groups in total. The van der Waals surface area contributed by atoms with Crippen LogP contribution in [0.25, 0.3) is 0 Å². The number of nitrogens with one attached hydrogen (secondary N) is 2. The molecular formula is C16H20N4O2. The van der Waals surface area contributed by atoms with Crippen molar-refractivity contribution in [2.75, 3.05) is 13.7 Å². The van der Waals surface area contributed by atoms with Crippen molar-refractivity contribution in [3.8, 4) is 5.75 Å². The van der Waals surface area contributed by atoms with Crippen molar-refractivity contribution in [1.82, 2.24) is 20.4 Å². The van der Waals surface area contributed by atoms with Gasteiger partial charge in [0.05, 0.1) is 18.7 Å². The number of methoxy groups -OCH3 is 1. The van der Waals surface area contributed by atoms with Gasteiger partial charge in [-0.05, 0) is 17.7 Å². The molecule has 6 heteroatoms. The largest absolute Gasteiger partial charge is 0.497 e. The second kappa shape index (κ2) is 6.19. The molecule has 1 aliphatic heterocycles. The summed E-state index contributed by atoms with van der Waals surface area (Å²) in [5.74, 6) is 0.579. The van der Waals surface area contributed by atoms with E-state index in [1.165, 1.54) is 0 Å². The predicted molar refractivity (Wildman–Crippen MR) is 82.5 cm³/mol. The molecule has 2 aromatic rings. The van der Waals surface area contributed by atoms with E-state index in [-0.39, 0.29) is 11.8 Å². The van der Waals surface area contributed by atoms with Crippen LogP contribution in [-0.4, -0.2) is 29.3 Å². The van der Waals surface area contributed by atoms with Crippen molar-refractivity contribution >= 4 is 5.91 Å². The van der Waals surface area contributed by atoms with Gasteiger partial charge < -0.3 is 15.4 Å². The standard InChI is InChI=1S/C16H20N4O2/c1-20-10-12-8-17-9-14(15(12)19-20)16(21)18-7-11-3-5-13(22-2)6-4-11/h3-6,10,14,17H,7-9H2,1-2H3,(H,18,21). The summed E-state index contributed by atoms with van der Waals surface area (Å²) < 4.78 is 6.89. The molecule has 0 bridgehead atoms. The van der Waals surface area contributed by atoms with Gasteiger partial charge in [0.25, 0.3) is 0 Å². The van der Waals surface area contributed by atoms with E-state index < -0.39 is 0 Å². The minimum Gasteiger partial charge on any atom is -0.497 e. The van der Waals surface area contributed by atoms with Gasteiger partial charge in [-0.25, -0.2) is 0 Å². The summed E-state index contributed by atoms with van der Waals surface area (Å²) in [5.41, 5.74) is 3.02. The third-order valence-electron chi connectivity index (χ3n) is 3.87. The Bertz CT molecular complexity index is 663. The van der Waals surface area contributed by atoms with E-state index in [1.54, 1.807) is 11.8 Å². The van der Waals surface area contributed by atoms with Gasteiger partial charge in [0.15, 0.2) is 0 Å². The number of aromatic nitrogens is 2. The van der Waals surface area contributed by atoms with E-state index >= 15 is 0 Å². The van der Waals surface area contributed by atoms with Crippen LogP contribution in [-0.2, 0) is 24.9 Å². The fraction of sp³-hybridized carbons (Fsp3) is 0.375. The summed E-state index contributed by atoms with van der Waals surface area (Å²) in [5, 5.41) is 10.7. The Morgan fingerprint density at radius 2 is 2.23 bits per heavy atom. The van der Waals surface area contributed by atoms with Crippen molar-refractivity contribution in [1.29, 1.82) is 0 Å². The summed E-state index contributed by atoms with van der Waals surface area (Å²) >= 11 is 0. The number of aryl methyl sites for hydroxylation is 1. The van der Waals surface area contributed by atoms with Crippen LogP contribution < -0.4 is 15.4 Å². The van der Waals surface area contributed by atoms with Crippen molar-refractivity contribution in [3.05, 3.63) is 47.3 Å². The van der Waals surface area contributed by atoms with Crippen molar-refractivity contribution in [2.45, 2.75) is 19.0 Å². The molecule has 0 saturated heterocycles. The van der Waals surface area contributed by atoms with E-state index in [9.17, 15) is 4.79 Å². The molecule has 1 aromatic heterocycles.